The summed E-state index contributed by atoms with van der Waals surface area (Å²) in [7, 11) is 1.51. The highest BCUT2D eigenvalue weighted by molar-refractivity contribution is 5.98. The number of hydrogen-bond acceptors (Lipinski definition) is 4. The van der Waals surface area contributed by atoms with Crippen LogP contribution in [0, 0.1) is 0 Å². The normalized spacial score (nSPS) is 10.3. The molecule has 1 amide bonds. The number of carboxylic acids is 1. The molecule has 3 rings (SSSR count). The number of carboxylic acid groups (broad SMARTS) is 1. The van der Waals surface area contributed by atoms with Crippen molar-refractivity contribution in [2.24, 2.45) is 0 Å². The second kappa shape index (κ2) is 7.57. The maximum atomic E-state index is 12.2. The minimum atomic E-state index is -1.11. The molecule has 0 aliphatic rings. The number of ether oxygens (including phenoxy) is 2. The summed E-state index contributed by atoms with van der Waals surface area (Å²) in [6.45, 7) is -0.323. The molecule has 3 aromatic rings. The molecule has 132 valence electrons. The van der Waals surface area contributed by atoms with Crippen molar-refractivity contribution in [2.45, 2.75) is 0 Å². The second-order valence-corrected chi connectivity index (χ2v) is 5.54. The van der Waals surface area contributed by atoms with Gasteiger partial charge >= 0.3 is 5.97 Å². The van der Waals surface area contributed by atoms with Gasteiger partial charge in [0.25, 0.3) is 5.91 Å². The van der Waals surface area contributed by atoms with E-state index in [0.29, 0.717) is 11.4 Å². The molecule has 3 aromatic carbocycles. The molecule has 0 saturated carbocycles. The van der Waals surface area contributed by atoms with Crippen molar-refractivity contribution in [1.82, 2.24) is 0 Å². The van der Waals surface area contributed by atoms with Crippen molar-refractivity contribution >= 4 is 28.3 Å². The minimum Gasteiger partial charge on any atom is -0.495 e. The van der Waals surface area contributed by atoms with Gasteiger partial charge in [0.2, 0.25) is 0 Å². The van der Waals surface area contributed by atoms with Crippen LogP contribution in [0.2, 0.25) is 0 Å². The molecule has 0 atom stereocenters. The first-order valence-electron chi connectivity index (χ1n) is 7.90. The van der Waals surface area contributed by atoms with E-state index in [0.717, 1.165) is 10.8 Å². The van der Waals surface area contributed by atoms with Crippen molar-refractivity contribution in [2.75, 3.05) is 19.0 Å². The Balaban J connectivity index is 1.77. The lowest BCUT2D eigenvalue weighted by Crippen LogP contribution is -2.21. The molecule has 6 nitrogen and oxygen atoms in total. The van der Waals surface area contributed by atoms with Crippen LogP contribution >= 0.6 is 0 Å². The quantitative estimate of drug-likeness (QED) is 0.709. The zero-order chi connectivity index (χ0) is 18.5. The van der Waals surface area contributed by atoms with Gasteiger partial charge < -0.3 is 19.9 Å². The Labute approximate surface area is 150 Å². The first kappa shape index (κ1) is 17.3. The highest BCUT2D eigenvalue weighted by atomic mass is 16.5. The van der Waals surface area contributed by atoms with Gasteiger partial charge in [0.05, 0.1) is 12.8 Å². The van der Waals surface area contributed by atoms with Gasteiger partial charge in [0.15, 0.2) is 6.61 Å². The molecule has 0 saturated heterocycles. The SMILES string of the molecule is COc1ccccc1NC(=O)COc1cc2ccccc2cc1C(=O)O. The number of methoxy groups -OCH3 is 1. The molecule has 0 bridgehead atoms. The summed E-state index contributed by atoms with van der Waals surface area (Å²) in [5.74, 6) is -0.862. The molecular formula is C20H17NO5. The number of carbonyl (C=O) groups excluding carboxylic acids is 1. The first-order chi connectivity index (χ1) is 12.6. The molecule has 0 aliphatic heterocycles. The number of fused-ring (bicyclic) bond motifs is 1. The Morgan fingerprint density at radius 1 is 0.962 bits per heavy atom. The van der Waals surface area contributed by atoms with Crippen LogP contribution in [-0.2, 0) is 4.79 Å². The second-order valence-electron chi connectivity index (χ2n) is 5.54. The van der Waals surface area contributed by atoms with Crippen LogP contribution in [-0.4, -0.2) is 30.7 Å². The molecule has 0 fully saturated rings. The summed E-state index contributed by atoms with van der Waals surface area (Å²) < 4.78 is 10.7. The Morgan fingerprint density at radius 3 is 2.31 bits per heavy atom. The number of hydrogen-bond donors (Lipinski definition) is 2. The van der Waals surface area contributed by atoms with Gasteiger partial charge in [-0.05, 0) is 35.0 Å². The number of para-hydroxylation sites is 2. The third kappa shape index (κ3) is 3.75. The zero-order valence-electron chi connectivity index (χ0n) is 14.1. The highest BCUT2D eigenvalue weighted by Gasteiger charge is 2.15. The van der Waals surface area contributed by atoms with E-state index in [1.807, 2.05) is 24.3 Å². The van der Waals surface area contributed by atoms with E-state index in [4.69, 9.17) is 9.47 Å². The molecular weight excluding hydrogens is 334 g/mol. The number of amides is 1. The number of anilines is 1. The fourth-order valence-electron chi connectivity index (χ4n) is 2.58. The molecule has 0 aromatic heterocycles. The number of nitrogens with one attached hydrogen (secondary N) is 1. The molecule has 0 spiro atoms. The molecule has 6 heteroatoms. The largest absolute Gasteiger partial charge is 0.495 e. The van der Waals surface area contributed by atoms with E-state index in [-0.39, 0.29) is 17.9 Å². The van der Waals surface area contributed by atoms with Gasteiger partial charge in [0, 0.05) is 0 Å². The summed E-state index contributed by atoms with van der Waals surface area (Å²) in [4.78, 5) is 23.6. The average molecular weight is 351 g/mol. The van der Waals surface area contributed by atoms with Gasteiger partial charge in [-0.3, -0.25) is 4.79 Å². The molecule has 0 unspecified atom stereocenters. The van der Waals surface area contributed by atoms with Crippen LogP contribution in [0.1, 0.15) is 10.4 Å². The van der Waals surface area contributed by atoms with E-state index in [9.17, 15) is 14.7 Å². The lowest BCUT2D eigenvalue weighted by Gasteiger charge is -2.12. The number of carbonyl (C=O) groups is 2. The summed E-state index contributed by atoms with van der Waals surface area (Å²) in [6.07, 6.45) is 0. The van der Waals surface area contributed by atoms with Crippen molar-refractivity contribution < 1.29 is 24.2 Å². The Bertz CT molecular complexity index is 967. The van der Waals surface area contributed by atoms with Crippen LogP contribution in [0.25, 0.3) is 10.8 Å². The van der Waals surface area contributed by atoms with Crippen LogP contribution in [0.3, 0.4) is 0 Å². The first-order valence-corrected chi connectivity index (χ1v) is 7.90. The number of aromatic carboxylic acids is 1. The van der Waals surface area contributed by atoms with E-state index in [1.54, 1.807) is 30.3 Å². The van der Waals surface area contributed by atoms with E-state index < -0.39 is 11.9 Å². The lowest BCUT2D eigenvalue weighted by molar-refractivity contribution is -0.118. The van der Waals surface area contributed by atoms with Crippen LogP contribution < -0.4 is 14.8 Å². The molecule has 0 radical (unpaired) electrons. The number of rotatable bonds is 6. The maximum absolute atomic E-state index is 12.2. The fraction of sp³-hybridized carbons (Fsp3) is 0.100. The van der Waals surface area contributed by atoms with Gasteiger partial charge in [-0.1, -0.05) is 36.4 Å². The molecule has 2 N–H and O–H groups in total. The summed E-state index contributed by atoms with van der Waals surface area (Å²) in [5, 5.41) is 13.7. The van der Waals surface area contributed by atoms with Crippen molar-refractivity contribution in [3.05, 3.63) is 66.2 Å². The van der Waals surface area contributed by atoms with Crippen LogP contribution in [0.4, 0.5) is 5.69 Å². The Morgan fingerprint density at radius 2 is 1.62 bits per heavy atom. The van der Waals surface area contributed by atoms with Crippen molar-refractivity contribution in [1.29, 1.82) is 0 Å². The lowest BCUT2D eigenvalue weighted by atomic mass is 10.1. The fourth-order valence-corrected chi connectivity index (χ4v) is 2.58. The van der Waals surface area contributed by atoms with Crippen molar-refractivity contribution in [3.63, 3.8) is 0 Å². The highest BCUT2D eigenvalue weighted by Crippen LogP contribution is 2.27. The smallest absolute Gasteiger partial charge is 0.339 e. The van der Waals surface area contributed by atoms with Gasteiger partial charge in [0.1, 0.15) is 17.1 Å². The standard InChI is InChI=1S/C20H17NO5/c1-25-17-9-5-4-8-16(17)21-19(22)12-26-18-11-14-7-3-2-6-13(14)10-15(18)20(23)24/h2-11H,12H2,1H3,(H,21,22)(H,23,24). The third-order valence-electron chi connectivity index (χ3n) is 3.82. The van der Waals surface area contributed by atoms with E-state index in [2.05, 4.69) is 5.32 Å². The van der Waals surface area contributed by atoms with E-state index in [1.165, 1.54) is 13.2 Å². The van der Waals surface area contributed by atoms with Gasteiger partial charge in [-0.25, -0.2) is 4.79 Å². The van der Waals surface area contributed by atoms with Crippen LogP contribution in [0.5, 0.6) is 11.5 Å². The summed E-state index contributed by atoms with van der Waals surface area (Å²) >= 11 is 0. The molecule has 0 aliphatic carbocycles. The van der Waals surface area contributed by atoms with Crippen LogP contribution in [0.15, 0.2) is 60.7 Å². The third-order valence-corrected chi connectivity index (χ3v) is 3.82. The summed E-state index contributed by atoms with van der Waals surface area (Å²) in [5.41, 5.74) is 0.523. The predicted octanol–water partition coefficient (Wildman–Crippen LogP) is 3.56. The Hall–Kier alpha value is -3.54. The minimum absolute atomic E-state index is 0.00814. The zero-order valence-corrected chi connectivity index (χ0v) is 14.1. The summed E-state index contributed by atoms with van der Waals surface area (Å²) in [6, 6.07) is 17.5. The predicted molar refractivity (Wildman–Crippen MR) is 98.0 cm³/mol. The number of benzene rings is 3. The van der Waals surface area contributed by atoms with Gasteiger partial charge in [-0.2, -0.15) is 0 Å². The molecule has 26 heavy (non-hydrogen) atoms. The van der Waals surface area contributed by atoms with Gasteiger partial charge in [-0.15, -0.1) is 0 Å². The maximum Gasteiger partial charge on any atom is 0.339 e. The van der Waals surface area contributed by atoms with E-state index >= 15 is 0 Å². The van der Waals surface area contributed by atoms with Crippen molar-refractivity contribution in [3.8, 4) is 11.5 Å². The monoisotopic (exact) mass is 351 g/mol. The Kier molecular flexibility index (Phi) is 5.03. The average Bonchev–Trinajstić information content (AvgIpc) is 2.66. The molecule has 0 heterocycles. The topological polar surface area (TPSA) is 84.9 Å².